The van der Waals surface area contributed by atoms with Crippen LogP contribution in [0.2, 0.25) is 0 Å². The highest BCUT2D eigenvalue weighted by molar-refractivity contribution is 6.06. The summed E-state index contributed by atoms with van der Waals surface area (Å²) < 4.78 is 0. The number of hydrogen-bond acceptors (Lipinski definition) is 4. The van der Waals surface area contributed by atoms with Gasteiger partial charge in [-0.15, -0.1) is 0 Å². The fourth-order valence-electron chi connectivity index (χ4n) is 3.04. The molecule has 0 saturated carbocycles. The van der Waals surface area contributed by atoms with Gasteiger partial charge in [0.2, 0.25) is 5.91 Å². The number of likely N-dealkylation sites (tertiary alicyclic amines) is 1. The van der Waals surface area contributed by atoms with E-state index in [1.54, 1.807) is 0 Å². The van der Waals surface area contributed by atoms with E-state index in [1.807, 2.05) is 13.8 Å². The van der Waals surface area contributed by atoms with Crippen molar-refractivity contribution in [1.82, 2.24) is 10.2 Å². The molecule has 1 rings (SSSR count). The molecule has 0 spiro atoms. The van der Waals surface area contributed by atoms with E-state index in [9.17, 15) is 4.79 Å². The smallest absolute Gasteiger partial charge is 0.233 e. The number of nitrogens with zero attached hydrogens (tertiary/aromatic N) is 2. The topological polar surface area (TPSA) is 91.0 Å². The zero-order chi connectivity index (χ0) is 15.9. The van der Waals surface area contributed by atoms with Crippen molar-refractivity contribution in [2.45, 2.75) is 58.9 Å². The third kappa shape index (κ3) is 4.09. The van der Waals surface area contributed by atoms with Crippen molar-refractivity contribution in [3.8, 4) is 0 Å². The molecule has 1 saturated heterocycles. The van der Waals surface area contributed by atoms with Gasteiger partial charge < -0.3 is 16.3 Å². The lowest BCUT2D eigenvalue weighted by atomic mass is 9.80. The number of carbonyl (C=O) groups excluding carboxylic acids is 1. The van der Waals surface area contributed by atoms with Gasteiger partial charge in [-0.3, -0.25) is 9.69 Å². The average Bonchev–Trinajstić information content (AvgIpc) is 2.54. The van der Waals surface area contributed by atoms with Crippen LogP contribution in [-0.4, -0.2) is 47.5 Å². The number of carbonyl (C=O) groups is 1. The fraction of sp³-hybridized carbons (Fsp3) is 0.867. The summed E-state index contributed by atoms with van der Waals surface area (Å²) >= 11 is 0. The first-order valence-corrected chi connectivity index (χ1v) is 8.02. The first-order chi connectivity index (χ1) is 10.0. The van der Waals surface area contributed by atoms with Gasteiger partial charge in [0.15, 0.2) is 5.84 Å². The molecule has 1 amide bonds. The van der Waals surface area contributed by atoms with Crippen LogP contribution in [0.4, 0.5) is 0 Å². The zero-order valence-corrected chi connectivity index (χ0v) is 13.6. The molecule has 0 aromatic rings. The highest BCUT2D eigenvalue weighted by Crippen LogP contribution is 2.27. The summed E-state index contributed by atoms with van der Waals surface area (Å²) in [5.41, 5.74) is 4.85. The van der Waals surface area contributed by atoms with E-state index < -0.39 is 5.41 Å². The van der Waals surface area contributed by atoms with Gasteiger partial charge in [-0.1, -0.05) is 25.4 Å². The van der Waals surface area contributed by atoms with E-state index in [1.165, 1.54) is 19.3 Å². The third-order valence-electron chi connectivity index (χ3n) is 4.81. The van der Waals surface area contributed by atoms with E-state index >= 15 is 0 Å². The predicted octanol–water partition coefficient (Wildman–Crippen LogP) is 1.53. The summed E-state index contributed by atoms with van der Waals surface area (Å²) in [5, 5.41) is 15.0. The summed E-state index contributed by atoms with van der Waals surface area (Å²) in [5.74, 6) is -0.151. The number of nitrogens with two attached hydrogens (primary N) is 1. The number of hydrogen-bond donors (Lipinski definition) is 3. The molecule has 1 fully saturated rings. The Morgan fingerprint density at radius 2 is 1.90 bits per heavy atom. The maximum Gasteiger partial charge on any atom is 0.233 e. The molecule has 0 aromatic heterocycles. The number of oxime groups is 1. The molecule has 21 heavy (non-hydrogen) atoms. The fourth-order valence-corrected chi connectivity index (χ4v) is 3.04. The van der Waals surface area contributed by atoms with Crippen LogP contribution < -0.4 is 11.1 Å². The summed E-state index contributed by atoms with van der Waals surface area (Å²) in [4.78, 5) is 14.9. The molecular weight excluding hydrogens is 268 g/mol. The van der Waals surface area contributed by atoms with Crippen LogP contribution in [0, 0.1) is 5.41 Å². The third-order valence-corrected chi connectivity index (χ3v) is 4.81. The molecule has 0 aromatic carbocycles. The van der Waals surface area contributed by atoms with Crippen LogP contribution in [0.3, 0.4) is 0 Å². The molecule has 6 nitrogen and oxygen atoms in total. The minimum Gasteiger partial charge on any atom is -0.409 e. The van der Waals surface area contributed by atoms with Crippen molar-refractivity contribution in [2.24, 2.45) is 16.3 Å². The van der Waals surface area contributed by atoms with Crippen molar-refractivity contribution in [3.63, 3.8) is 0 Å². The predicted molar refractivity (Wildman–Crippen MR) is 84.3 cm³/mol. The quantitative estimate of drug-likeness (QED) is 0.288. The Hall–Kier alpha value is -1.30. The van der Waals surface area contributed by atoms with Crippen molar-refractivity contribution in [3.05, 3.63) is 0 Å². The Morgan fingerprint density at radius 3 is 2.38 bits per heavy atom. The lowest BCUT2D eigenvalue weighted by Gasteiger charge is -2.34. The molecule has 1 unspecified atom stereocenters. The van der Waals surface area contributed by atoms with E-state index in [-0.39, 0.29) is 11.7 Å². The van der Waals surface area contributed by atoms with E-state index in [2.05, 4.69) is 22.3 Å². The van der Waals surface area contributed by atoms with Gasteiger partial charge in [0.25, 0.3) is 0 Å². The van der Waals surface area contributed by atoms with Gasteiger partial charge in [0.1, 0.15) is 5.41 Å². The largest absolute Gasteiger partial charge is 0.409 e. The summed E-state index contributed by atoms with van der Waals surface area (Å²) in [6.07, 6.45) is 4.80. The SMILES string of the molecule is CCC(CC)(C(=O)NCC(C)N1CCCCC1)C(N)=NO. The molecule has 0 radical (unpaired) electrons. The first-order valence-electron chi connectivity index (χ1n) is 8.02. The number of rotatable bonds is 7. The minimum atomic E-state index is -0.906. The number of piperidine rings is 1. The highest BCUT2D eigenvalue weighted by Gasteiger charge is 2.39. The lowest BCUT2D eigenvalue weighted by Crippen LogP contribution is -2.52. The Balaban J connectivity index is 2.61. The van der Waals surface area contributed by atoms with Crippen LogP contribution in [0.1, 0.15) is 52.9 Å². The molecule has 4 N–H and O–H groups in total. The van der Waals surface area contributed by atoms with E-state index in [0.29, 0.717) is 25.4 Å². The molecule has 1 aliphatic rings. The zero-order valence-electron chi connectivity index (χ0n) is 13.6. The number of amidine groups is 1. The van der Waals surface area contributed by atoms with Crippen molar-refractivity contribution in [2.75, 3.05) is 19.6 Å². The Labute approximate surface area is 127 Å². The van der Waals surface area contributed by atoms with Crippen LogP contribution in [0.5, 0.6) is 0 Å². The monoisotopic (exact) mass is 298 g/mol. The maximum absolute atomic E-state index is 12.5. The summed E-state index contributed by atoms with van der Waals surface area (Å²) in [6.45, 7) is 8.70. The molecule has 6 heteroatoms. The molecule has 122 valence electrons. The molecule has 1 aliphatic heterocycles. The second-order valence-corrected chi connectivity index (χ2v) is 5.93. The van der Waals surface area contributed by atoms with Crippen molar-refractivity contribution >= 4 is 11.7 Å². The van der Waals surface area contributed by atoms with Crippen molar-refractivity contribution < 1.29 is 10.0 Å². The maximum atomic E-state index is 12.5. The minimum absolute atomic E-state index is 0.00405. The van der Waals surface area contributed by atoms with Gasteiger partial charge in [-0.2, -0.15) is 0 Å². The molecule has 0 aliphatic carbocycles. The lowest BCUT2D eigenvalue weighted by molar-refractivity contribution is -0.128. The molecule has 1 atom stereocenters. The number of amides is 1. The molecular formula is C15H30N4O2. The van der Waals surface area contributed by atoms with E-state index in [0.717, 1.165) is 13.1 Å². The molecule has 1 heterocycles. The molecule has 0 bridgehead atoms. The van der Waals surface area contributed by atoms with Gasteiger partial charge in [-0.25, -0.2) is 0 Å². The highest BCUT2D eigenvalue weighted by atomic mass is 16.4. The summed E-state index contributed by atoms with van der Waals surface area (Å²) in [6, 6.07) is 0.313. The van der Waals surface area contributed by atoms with Crippen LogP contribution in [-0.2, 0) is 4.79 Å². The normalized spacial score (nSPS) is 19.3. The Kier molecular flexibility index (Phi) is 6.95. The van der Waals surface area contributed by atoms with Crippen LogP contribution in [0.25, 0.3) is 0 Å². The van der Waals surface area contributed by atoms with Crippen LogP contribution in [0.15, 0.2) is 5.16 Å². The standard InChI is InChI=1S/C15H30N4O2/c1-4-15(5-2,13(16)18-21)14(20)17-11-12(3)19-9-7-6-8-10-19/h12,21H,4-11H2,1-3H3,(H2,16,18)(H,17,20). The number of nitrogens with one attached hydrogen (secondary N) is 1. The van der Waals surface area contributed by atoms with E-state index in [4.69, 9.17) is 10.9 Å². The first kappa shape index (κ1) is 17.8. The Morgan fingerprint density at radius 1 is 1.33 bits per heavy atom. The summed E-state index contributed by atoms with van der Waals surface area (Å²) in [7, 11) is 0. The van der Waals surface area contributed by atoms with Crippen LogP contribution >= 0.6 is 0 Å². The van der Waals surface area contributed by atoms with Gasteiger partial charge in [0, 0.05) is 12.6 Å². The van der Waals surface area contributed by atoms with Gasteiger partial charge >= 0.3 is 0 Å². The second-order valence-electron chi connectivity index (χ2n) is 5.93. The van der Waals surface area contributed by atoms with Gasteiger partial charge in [0.05, 0.1) is 0 Å². The van der Waals surface area contributed by atoms with Gasteiger partial charge in [-0.05, 0) is 45.7 Å². The van der Waals surface area contributed by atoms with Crippen molar-refractivity contribution in [1.29, 1.82) is 0 Å². The average molecular weight is 298 g/mol. The second kappa shape index (κ2) is 8.22. The Bertz CT molecular complexity index is 361.